The summed E-state index contributed by atoms with van der Waals surface area (Å²) in [5, 5.41) is 9.26. The molecule has 0 radical (unpaired) electrons. The number of amides is 1. The van der Waals surface area contributed by atoms with E-state index >= 15 is 0 Å². The van der Waals surface area contributed by atoms with Gasteiger partial charge < -0.3 is 4.98 Å². The molecule has 3 N–H and O–H groups in total. The highest BCUT2D eigenvalue weighted by Gasteiger charge is 2.20. The number of hydroxylamine groups is 1. The number of carbonyl (C=O) groups excluding carboxylic acids is 1. The molecule has 1 heterocycles. The van der Waals surface area contributed by atoms with Crippen LogP contribution in [0.25, 0.3) is 11.0 Å². The number of nitrogens with one attached hydrogen (secondary N) is 2. The van der Waals surface area contributed by atoms with Crippen molar-refractivity contribution in [2.24, 2.45) is 0 Å². The van der Waals surface area contributed by atoms with Crippen LogP contribution in [0.3, 0.4) is 0 Å². The van der Waals surface area contributed by atoms with Crippen LogP contribution < -0.4 is 5.48 Å². The number of benzene rings is 1. The minimum atomic E-state index is -0.364. The molecule has 0 saturated heterocycles. The van der Waals surface area contributed by atoms with Crippen LogP contribution in [0, 0.1) is 0 Å². The standard InChI is InChI=1S/C15H21N3O2S/c1-2-3-4-5-10-13(14(19)18-20)21-15-16-11-8-6-7-9-12(11)17-15/h6-9,13,20H,2-5,10H2,1H3,(H,16,17)(H,18,19). The van der Waals surface area contributed by atoms with Crippen LogP contribution in [0.4, 0.5) is 0 Å². The summed E-state index contributed by atoms with van der Waals surface area (Å²) >= 11 is 1.37. The maximum Gasteiger partial charge on any atom is 0.256 e. The molecule has 21 heavy (non-hydrogen) atoms. The van der Waals surface area contributed by atoms with Crippen molar-refractivity contribution in [3.63, 3.8) is 0 Å². The van der Waals surface area contributed by atoms with Crippen LogP contribution in [0.1, 0.15) is 39.0 Å². The minimum Gasteiger partial charge on any atom is -0.333 e. The van der Waals surface area contributed by atoms with E-state index < -0.39 is 0 Å². The molecule has 114 valence electrons. The Morgan fingerprint density at radius 1 is 1.38 bits per heavy atom. The first-order valence-electron chi connectivity index (χ1n) is 7.30. The van der Waals surface area contributed by atoms with Gasteiger partial charge in [-0.15, -0.1) is 0 Å². The summed E-state index contributed by atoms with van der Waals surface area (Å²) in [7, 11) is 0. The van der Waals surface area contributed by atoms with Crippen molar-refractivity contribution in [1.82, 2.24) is 15.4 Å². The highest BCUT2D eigenvalue weighted by atomic mass is 32.2. The van der Waals surface area contributed by atoms with Gasteiger partial charge in [-0.05, 0) is 18.6 Å². The summed E-state index contributed by atoms with van der Waals surface area (Å²) < 4.78 is 0. The zero-order chi connectivity index (χ0) is 15.1. The number of carbonyl (C=O) groups is 1. The molecule has 5 nitrogen and oxygen atoms in total. The fraction of sp³-hybridized carbons (Fsp3) is 0.467. The Hall–Kier alpha value is -1.53. The van der Waals surface area contributed by atoms with Crippen molar-refractivity contribution in [3.8, 4) is 0 Å². The molecule has 1 aromatic carbocycles. The quantitative estimate of drug-likeness (QED) is 0.302. The van der Waals surface area contributed by atoms with Gasteiger partial charge in [0.05, 0.1) is 16.3 Å². The molecule has 1 atom stereocenters. The van der Waals surface area contributed by atoms with Crippen LogP contribution in [-0.4, -0.2) is 26.3 Å². The molecule has 0 bridgehead atoms. The van der Waals surface area contributed by atoms with Gasteiger partial charge in [0.2, 0.25) is 0 Å². The van der Waals surface area contributed by atoms with Gasteiger partial charge in [0.25, 0.3) is 5.91 Å². The number of rotatable bonds is 8. The maximum absolute atomic E-state index is 11.8. The summed E-state index contributed by atoms with van der Waals surface area (Å²) in [6.07, 6.45) is 5.13. The molecule has 6 heteroatoms. The maximum atomic E-state index is 11.8. The number of imidazole rings is 1. The average Bonchev–Trinajstić information content (AvgIpc) is 2.92. The van der Waals surface area contributed by atoms with Gasteiger partial charge >= 0.3 is 0 Å². The Morgan fingerprint density at radius 2 is 2.19 bits per heavy atom. The first-order chi connectivity index (χ1) is 10.2. The number of para-hydroxylation sites is 2. The number of H-pyrrole nitrogens is 1. The Morgan fingerprint density at radius 3 is 2.90 bits per heavy atom. The average molecular weight is 307 g/mol. The molecule has 0 spiro atoms. The summed E-state index contributed by atoms with van der Waals surface area (Å²) in [6, 6.07) is 7.75. The number of hydrogen-bond donors (Lipinski definition) is 3. The largest absolute Gasteiger partial charge is 0.333 e. The number of aromatic amines is 1. The third kappa shape index (κ3) is 4.47. The number of hydrogen-bond acceptors (Lipinski definition) is 4. The first kappa shape index (κ1) is 15.9. The second-order valence-corrected chi connectivity index (χ2v) is 6.18. The van der Waals surface area contributed by atoms with E-state index in [0.717, 1.165) is 36.7 Å². The molecular formula is C15H21N3O2S. The van der Waals surface area contributed by atoms with E-state index in [9.17, 15) is 4.79 Å². The summed E-state index contributed by atoms with van der Waals surface area (Å²) in [5.41, 5.74) is 3.59. The predicted molar refractivity (Wildman–Crippen MR) is 84.4 cm³/mol. The van der Waals surface area contributed by atoms with Crippen LogP contribution in [-0.2, 0) is 4.79 Å². The van der Waals surface area contributed by atoms with Gasteiger partial charge in [-0.1, -0.05) is 56.5 Å². The number of aromatic nitrogens is 2. The predicted octanol–water partition coefficient (Wildman–Crippen LogP) is 3.50. The van der Waals surface area contributed by atoms with Crippen LogP contribution >= 0.6 is 11.8 Å². The lowest BCUT2D eigenvalue weighted by Crippen LogP contribution is -2.30. The number of thioether (sulfide) groups is 1. The third-order valence-electron chi connectivity index (χ3n) is 3.34. The fourth-order valence-corrected chi connectivity index (χ4v) is 3.23. The van der Waals surface area contributed by atoms with Gasteiger partial charge in [0, 0.05) is 0 Å². The van der Waals surface area contributed by atoms with Crippen LogP contribution in [0.2, 0.25) is 0 Å². The molecule has 0 fully saturated rings. The number of fused-ring (bicyclic) bond motifs is 1. The Kier molecular flexibility index (Phi) is 6.07. The van der Waals surface area contributed by atoms with E-state index in [1.807, 2.05) is 24.3 Å². The van der Waals surface area contributed by atoms with Gasteiger partial charge in [-0.3, -0.25) is 10.0 Å². The second-order valence-electron chi connectivity index (χ2n) is 4.99. The third-order valence-corrected chi connectivity index (χ3v) is 4.49. The fourth-order valence-electron chi connectivity index (χ4n) is 2.19. The second kappa shape index (κ2) is 8.05. The molecule has 1 aromatic heterocycles. The molecule has 2 rings (SSSR count). The summed E-state index contributed by atoms with van der Waals surface area (Å²) in [6.45, 7) is 2.15. The van der Waals surface area contributed by atoms with Crippen molar-refractivity contribution >= 4 is 28.7 Å². The first-order valence-corrected chi connectivity index (χ1v) is 8.18. The van der Waals surface area contributed by atoms with Crippen molar-refractivity contribution in [3.05, 3.63) is 24.3 Å². The van der Waals surface area contributed by atoms with Gasteiger partial charge in [-0.2, -0.15) is 0 Å². The lowest BCUT2D eigenvalue weighted by atomic mass is 10.1. The van der Waals surface area contributed by atoms with Gasteiger partial charge in [-0.25, -0.2) is 10.5 Å². The Balaban J connectivity index is 2.01. The van der Waals surface area contributed by atoms with E-state index in [1.165, 1.54) is 18.2 Å². The number of unbranched alkanes of at least 4 members (excludes halogenated alkanes) is 3. The van der Waals surface area contributed by atoms with E-state index in [2.05, 4.69) is 16.9 Å². The highest BCUT2D eigenvalue weighted by molar-refractivity contribution is 8.00. The highest BCUT2D eigenvalue weighted by Crippen LogP contribution is 2.27. The van der Waals surface area contributed by atoms with Gasteiger partial charge in [0.1, 0.15) is 0 Å². The zero-order valence-electron chi connectivity index (χ0n) is 12.1. The SMILES string of the molecule is CCCCCCC(Sc1nc2ccccc2[nH]1)C(=O)NO. The Bertz CT molecular complexity index is 552. The topological polar surface area (TPSA) is 78.0 Å². The van der Waals surface area contributed by atoms with Crippen molar-refractivity contribution in [1.29, 1.82) is 0 Å². The molecule has 1 unspecified atom stereocenters. The molecule has 0 aliphatic rings. The summed E-state index contributed by atoms with van der Waals surface area (Å²) in [5.74, 6) is -0.364. The van der Waals surface area contributed by atoms with Crippen molar-refractivity contribution in [2.45, 2.75) is 49.4 Å². The Labute approximate surface area is 128 Å². The van der Waals surface area contributed by atoms with Crippen molar-refractivity contribution in [2.75, 3.05) is 0 Å². The van der Waals surface area contributed by atoms with E-state index in [0.29, 0.717) is 5.16 Å². The lowest BCUT2D eigenvalue weighted by Gasteiger charge is -2.12. The molecule has 0 saturated carbocycles. The number of nitrogens with zero attached hydrogens (tertiary/aromatic N) is 1. The monoisotopic (exact) mass is 307 g/mol. The normalized spacial score (nSPS) is 12.5. The smallest absolute Gasteiger partial charge is 0.256 e. The zero-order valence-corrected chi connectivity index (χ0v) is 12.9. The summed E-state index contributed by atoms with van der Waals surface area (Å²) in [4.78, 5) is 19.4. The van der Waals surface area contributed by atoms with Crippen LogP contribution in [0.5, 0.6) is 0 Å². The van der Waals surface area contributed by atoms with E-state index in [4.69, 9.17) is 5.21 Å². The molecular weight excluding hydrogens is 286 g/mol. The lowest BCUT2D eigenvalue weighted by molar-refractivity contribution is -0.128. The molecule has 2 aromatic rings. The molecule has 0 aliphatic heterocycles. The van der Waals surface area contributed by atoms with Crippen LogP contribution in [0.15, 0.2) is 29.4 Å². The molecule has 1 amide bonds. The molecule has 0 aliphatic carbocycles. The van der Waals surface area contributed by atoms with Gasteiger partial charge in [0.15, 0.2) is 5.16 Å². The van der Waals surface area contributed by atoms with Crippen molar-refractivity contribution < 1.29 is 10.0 Å². The minimum absolute atomic E-state index is 0.326. The van der Waals surface area contributed by atoms with E-state index in [1.54, 1.807) is 5.48 Å². The van der Waals surface area contributed by atoms with E-state index in [-0.39, 0.29) is 11.2 Å².